The zero-order chi connectivity index (χ0) is 11.5. The number of esters is 1. The molecule has 1 aromatic heterocycles. The average molecular weight is 240 g/mol. The highest BCUT2D eigenvalue weighted by molar-refractivity contribution is 7.98. The summed E-state index contributed by atoms with van der Waals surface area (Å²) in [6.45, 7) is 0. The van der Waals surface area contributed by atoms with Gasteiger partial charge in [0.05, 0.1) is 13.2 Å². The second-order valence-corrected chi connectivity index (χ2v) is 4.77. The second kappa shape index (κ2) is 4.91. The topological polar surface area (TPSA) is 44.1 Å². The number of hydrogen-bond donors (Lipinski definition) is 0. The maximum absolute atomic E-state index is 11.6. The summed E-state index contributed by atoms with van der Waals surface area (Å²) >= 11 is 1.55. The molecular weight excluding hydrogens is 224 g/mol. The largest absolute Gasteiger partial charge is 0.464 e. The Morgan fingerprint density at radius 2 is 2.25 bits per heavy atom. The molecule has 5 heteroatoms. The van der Waals surface area contributed by atoms with Crippen LogP contribution >= 0.6 is 11.8 Å². The molecule has 1 aromatic rings. The number of carbonyl (C=O) groups excluding carboxylic acids is 1. The van der Waals surface area contributed by atoms with Crippen LogP contribution in [-0.2, 0) is 4.74 Å². The van der Waals surface area contributed by atoms with E-state index >= 15 is 0 Å². The number of carbonyl (C=O) groups is 1. The van der Waals surface area contributed by atoms with Crippen molar-refractivity contribution in [1.29, 1.82) is 0 Å². The van der Waals surface area contributed by atoms with Crippen LogP contribution in [0.15, 0.2) is 11.1 Å². The molecule has 0 N–H and O–H groups in total. The van der Waals surface area contributed by atoms with Gasteiger partial charge in [0, 0.05) is 6.07 Å². The monoisotopic (exact) mass is 240 g/mol. The van der Waals surface area contributed by atoms with E-state index in [2.05, 4.69) is 5.10 Å². The summed E-state index contributed by atoms with van der Waals surface area (Å²) in [4.78, 5) is 11.6. The first-order valence-corrected chi connectivity index (χ1v) is 6.70. The first-order valence-electron chi connectivity index (χ1n) is 5.48. The smallest absolute Gasteiger partial charge is 0.356 e. The van der Waals surface area contributed by atoms with Crippen LogP contribution in [-0.4, -0.2) is 29.1 Å². The fourth-order valence-corrected chi connectivity index (χ4v) is 2.56. The van der Waals surface area contributed by atoms with Gasteiger partial charge in [-0.15, -0.1) is 11.8 Å². The minimum absolute atomic E-state index is 0.292. The van der Waals surface area contributed by atoms with Crippen molar-refractivity contribution < 1.29 is 9.53 Å². The summed E-state index contributed by atoms with van der Waals surface area (Å²) in [5, 5.41) is 5.34. The molecule has 16 heavy (non-hydrogen) atoms. The quantitative estimate of drug-likeness (QED) is 0.601. The number of ether oxygens (including phenoxy) is 1. The van der Waals surface area contributed by atoms with E-state index in [0.717, 1.165) is 17.9 Å². The molecule has 0 bridgehead atoms. The Hall–Kier alpha value is -0.970. The van der Waals surface area contributed by atoms with Crippen molar-refractivity contribution in [2.75, 3.05) is 13.4 Å². The van der Waals surface area contributed by atoms with Crippen LogP contribution in [0.3, 0.4) is 0 Å². The summed E-state index contributed by atoms with van der Waals surface area (Å²) < 4.78 is 6.64. The predicted molar refractivity (Wildman–Crippen MR) is 62.9 cm³/mol. The van der Waals surface area contributed by atoms with E-state index in [1.54, 1.807) is 11.8 Å². The number of methoxy groups -OCH3 is 1. The van der Waals surface area contributed by atoms with E-state index in [0.29, 0.717) is 11.7 Å². The Morgan fingerprint density at radius 1 is 1.56 bits per heavy atom. The fourth-order valence-electron chi connectivity index (χ4n) is 2.16. The zero-order valence-corrected chi connectivity index (χ0v) is 10.4. The molecule has 0 atom stereocenters. The number of thioether (sulfide) groups is 1. The van der Waals surface area contributed by atoms with E-state index in [1.165, 1.54) is 20.0 Å². The molecule has 0 radical (unpaired) electrons. The standard InChI is InChI=1S/C11H16N2O2S/c1-15-11(14)9-7-10(16-2)12-13(9)8-5-3-4-6-8/h7-8H,3-6H2,1-2H3. The highest BCUT2D eigenvalue weighted by Gasteiger charge is 2.24. The summed E-state index contributed by atoms with van der Waals surface area (Å²) in [5.74, 6) is -0.292. The Bertz CT molecular complexity index is 383. The van der Waals surface area contributed by atoms with Gasteiger partial charge in [0.1, 0.15) is 10.7 Å². The molecule has 0 aromatic carbocycles. The van der Waals surface area contributed by atoms with Gasteiger partial charge in [-0.25, -0.2) is 4.79 Å². The van der Waals surface area contributed by atoms with Crippen molar-refractivity contribution in [2.24, 2.45) is 0 Å². The molecule has 1 fully saturated rings. The van der Waals surface area contributed by atoms with Crippen molar-refractivity contribution in [3.05, 3.63) is 11.8 Å². The molecule has 88 valence electrons. The van der Waals surface area contributed by atoms with E-state index in [-0.39, 0.29) is 5.97 Å². The van der Waals surface area contributed by atoms with E-state index in [1.807, 2.05) is 17.0 Å². The highest BCUT2D eigenvalue weighted by Crippen LogP contribution is 2.31. The van der Waals surface area contributed by atoms with Crippen LogP contribution in [0.2, 0.25) is 0 Å². The lowest BCUT2D eigenvalue weighted by Gasteiger charge is -2.12. The Morgan fingerprint density at radius 3 is 2.81 bits per heavy atom. The third-order valence-electron chi connectivity index (χ3n) is 2.99. The maximum atomic E-state index is 11.6. The van der Waals surface area contributed by atoms with Crippen molar-refractivity contribution >= 4 is 17.7 Å². The van der Waals surface area contributed by atoms with Crippen molar-refractivity contribution in [2.45, 2.75) is 36.8 Å². The van der Waals surface area contributed by atoms with Gasteiger partial charge in [0.2, 0.25) is 0 Å². The zero-order valence-electron chi connectivity index (χ0n) is 9.60. The van der Waals surface area contributed by atoms with Gasteiger partial charge >= 0.3 is 5.97 Å². The summed E-state index contributed by atoms with van der Waals surface area (Å²) in [5.41, 5.74) is 0.582. The van der Waals surface area contributed by atoms with E-state index in [9.17, 15) is 4.79 Å². The molecule has 1 aliphatic rings. The fraction of sp³-hybridized carbons (Fsp3) is 0.636. The first kappa shape index (κ1) is 11.5. The lowest BCUT2D eigenvalue weighted by Crippen LogP contribution is -2.15. The van der Waals surface area contributed by atoms with Crippen LogP contribution in [0.4, 0.5) is 0 Å². The molecule has 0 spiro atoms. The van der Waals surface area contributed by atoms with Gasteiger partial charge in [-0.3, -0.25) is 4.68 Å². The minimum Gasteiger partial charge on any atom is -0.464 e. The van der Waals surface area contributed by atoms with Crippen molar-refractivity contribution in [3.8, 4) is 0 Å². The summed E-state index contributed by atoms with van der Waals surface area (Å²) in [6, 6.07) is 2.18. The molecule has 1 saturated carbocycles. The Kier molecular flexibility index (Phi) is 3.53. The predicted octanol–water partition coefficient (Wildman–Crippen LogP) is 2.51. The molecule has 1 heterocycles. The van der Waals surface area contributed by atoms with Gasteiger partial charge in [0.25, 0.3) is 0 Å². The number of hydrogen-bond acceptors (Lipinski definition) is 4. The molecule has 4 nitrogen and oxygen atoms in total. The van der Waals surface area contributed by atoms with Crippen LogP contribution in [0.25, 0.3) is 0 Å². The number of nitrogens with zero attached hydrogens (tertiary/aromatic N) is 2. The lowest BCUT2D eigenvalue weighted by molar-refractivity contribution is 0.0583. The minimum atomic E-state index is -0.292. The maximum Gasteiger partial charge on any atom is 0.356 e. The summed E-state index contributed by atoms with van der Waals surface area (Å²) in [6.07, 6.45) is 6.63. The molecule has 0 amide bonds. The lowest BCUT2D eigenvalue weighted by atomic mass is 10.2. The number of aromatic nitrogens is 2. The van der Waals surface area contributed by atoms with Gasteiger partial charge < -0.3 is 4.74 Å². The average Bonchev–Trinajstić information content (AvgIpc) is 2.95. The van der Waals surface area contributed by atoms with Gasteiger partial charge in [0.15, 0.2) is 0 Å². The number of rotatable bonds is 3. The first-order chi connectivity index (χ1) is 7.76. The Balaban J connectivity index is 2.33. The molecule has 1 aliphatic carbocycles. The summed E-state index contributed by atoms with van der Waals surface area (Å²) in [7, 11) is 1.41. The van der Waals surface area contributed by atoms with Gasteiger partial charge in [-0.1, -0.05) is 12.8 Å². The van der Waals surface area contributed by atoms with E-state index < -0.39 is 0 Å². The molecule has 2 rings (SSSR count). The molecule has 0 saturated heterocycles. The highest BCUT2D eigenvalue weighted by atomic mass is 32.2. The SMILES string of the molecule is COC(=O)c1cc(SC)nn1C1CCCC1. The van der Waals surface area contributed by atoms with Gasteiger partial charge in [-0.05, 0) is 19.1 Å². The van der Waals surface area contributed by atoms with Crippen LogP contribution in [0, 0.1) is 0 Å². The third-order valence-corrected chi connectivity index (χ3v) is 3.61. The van der Waals surface area contributed by atoms with Crippen molar-refractivity contribution in [3.63, 3.8) is 0 Å². The normalized spacial score (nSPS) is 16.6. The third kappa shape index (κ3) is 2.09. The van der Waals surface area contributed by atoms with Crippen molar-refractivity contribution in [1.82, 2.24) is 9.78 Å². The molecule has 0 unspecified atom stereocenters. The second-order valence-electron chi connectivity index (χ2n) is 3.95. The van der Waals surface area contributed by atoms with Gasteiger partial charge in [-0.2, -0.15) is 5.10 Å². The molecule has 0 aliphatic heterocycles. The van der Waals surface area contributed by atoms with Crippen LogP contribution in [0.1, 0.15) is 42.2 Å². The van der Waals surface area contributed by atoms with Crippen LogP contribution < -0.4 is 0 Å². The Labute approximate surface area is 99.4 Å². The van der Waals surface area contributed by atoms with Crippen LogP contribution in [0.5, 0.6) is 0 Å². The molecular formula is C11H16N2O2S. The van der Waals surface area contributed by atoms with E-state index in [4.69, 9.17) is 4.74 Å².